The second kappa shape index (κ2) is 11.8. The average molecular weight is 544 g/mol. The van der Waals surface area contributed by atoms with Gasteiger partial charge < -0.3 is 5.73 Å². The Morgan fingerprint density at radius 3 is 2.38 bits per heavy atom. The molecule has 1 amide bonds. The Hall–Kier alpha value is -3.28. The highest BCUT2D eigenvalue weighted by Crippen LogP contribution is 2.30. The Morgan fingerprint density at radius 1 is 1.05 bits per heavy atom. The van der Waals surface area contributed by atoms with Crippen LogP contribution in [0.25, 0.3) is 0 Å². The minimum atomic E-state index is -4.04. The van der Waals surface area contributed by atoms with Crippen molar-refractivity contribution in [2.75, 3.05) is 19.6 Å². The summed E-state index contributed by atoms with van der Waals surface area (Å²) in [6.45, 7) is 2.40. The van der Waals surface area contributed by atoms with Crippen LogP contribution in [0.1, 0.15) is 49.7 Å². The van der Waals surface area contributed by atoms with Crippen LogP contribution in [0, 0.1) is 0 Å². The molecule has 0 unspecified atom stereocenters. The van der Waals surface area contributed by atoms with E-state index in [1.54, 1.807) is 12.1 Å². The van der Waals surface area contributed by atoms with E-state index in [4.69, 9.17) is 22.4 Å². The normalized spacial score (nSPS) is 19.9. The average Bonchev–Trinajstić information content (AvgIpc) is 2.89. The van der Waals surface area contributed by atoms with Gasteiger partial charge in [0.1, 0.15) is 0 Å². The third-order valence-electron chi connectivity index (χ3n) is 6.12. The van der Waals surface area contributed by atoms with Gasteiger partial charge in [-0.15, -0.1) is 4.40 Å². The second-order valence-electron chi connectivity index (χ2n) is 8.87. The fourth-order valence-electron chi connectivity index (χ4n) is 4.37. The lowest BCUT2D eigenvalue weighted by Crippen LogP contribution is -2.41. The van der Waals surface area contributed by atoms with Gasteiger partial charge in [-0.05, 0) is 42.5 Å². The third kappa shape index (κ3) is 6.94. The predicted octanol–water partition coefficient (Wildman–Crippen LogP) is 3.07. The van der Waals surface area contributed by atoms with E-state index in [2.05, 4.69) is 14.7 Å². The summed E-state index contributed by atoms with van der Waals surface area (Å²) in [7, 11) is -4.04. The lowest BCUT2D eigenvalue weighted by Gasteiger charge is -2.31. The van der Waals surface area contributed by atoms with Gasteiger partial charge in [0, 0.05) is 37.5 Å². The number of halogens is 1. The van der Waals surface area contributed by atoms with Crippen molar-refractivity contribution in [2.24, 2.45) is 20.2 Å². The Labute approximate surface area is 222 Å². The Kier molecular flexibility index (Phi) is 8.57. The third-order valence-corrected chi connectivity index (χ3v) is 7.79. The number of carbonyl (C=O) groups excluding carboxylic acids is 1. The van der Waals surface area contributed by atoms with E-state index in [-0.39, 0.29) is 17.8 Å². The number of aliphatic imine (C=N–C) groups is 1. The summed E-state index contributed by atoms with van der Waals surface area (Å²) in [5.74, 6) is -0.966. The van der Waals surface area contributed by atoms with Gasteiger partial charge in [-0.2, -0.15) is 22.8 Å². The maximum Gasteiger partial charge on any atom is 0.325 e. The molecular formula is C25H30ClN7O3S. The second-order valence-corrected chi connectivity index (χ2v) is 10.9. The number of nitrogens with two attached hydrogens (primary N) is 1. The molecule has 2 aromatic carbocycles. The first-order valence-corrected chi connectivity index (χ1v) is 13.9. The number of amides is 1. The van der Waals surface area contributed by atoms with Crippen LogP contribution in [0.5, 0.6) is 0 Å². The Balaban J connectivity index is 1.79. The summed E-state index contributed by atoms with van der Waals surface area (Å²) in [5.41, 5.74) is 8.53. The number of carbonyl (C=O) groups is 1. The van der Waals surface area contributed by atoms with Gasteiger partial charge in [0.2, 0.25) is 11.9 Å². The number of nitrogens with zero attached hydrogens (tertiary/aromatic N) is 5. The molecule has 1 fully saturated rings. The molecule has 2 heterocycles. The van der Waals surface area contributed by atoms with Crippen molar-refractivity contribution in [3.63, 3.8) is 0 Å². The fourth-order valence-corrected chi connectivity index (χ4v) is 5.67. The fraction of sp³-hybridized carbons (Fsp3) is 0.360. The monoisotopic (exact) mass is 543 g/mol. The number of hydrogen-bond acceptors (Lipinski definition) is 4. The number of hydrogen-bond donors (Lipinski definition) is 2. The standard InChI is InChI=1S/C25H30ClN7O3S/c1-18(34)28-24(27)29-25(31-37(35,36)32-15-6-3-7-16-32)33-17-14-22(19-8-4-2-5-9-19)23(30-33)20-10-12-21(26)13-11-20/h2,4-5,8-13,22H,3,6-7,14-17H2,1H3,(H3,27,28,29,31,34)/t22-/m1/s1. The van der Waals surface area contributed by atoms with Crippen LogP contribution in [0.4, 0.5) is 0 Å². The largest absolute Gasteiger partial charge is 0.369 e. The number of benzene rings is 2. The van der Waals surface area contributed by atoms with Crippen molar-refractivity contribution < 1.29 is 13.2 Å². The highest BCUT2D eigenvalue weighted by molar-refractivity contribution is 7.87. The lowest BCUT2D eigenvalue weighted by molar-refractivity contribution is -0.117. The molecule has 10 nitrogen and oxygen atoms in total. The summed E-state index contributed by atoms with van der Waals surface area (Å²) in [6, 6.07) is 17.3. The first kappa shape index (κ1) is 26.8. The minimum absolute atomic E-state index is 0.0461. The number of nitrogens with one attached hydrogen (secondary N) is 1. The molecule has 1 saturated heterocycles. The molecule has 0 saturated carbocycles. The van der Waals surface area contributed by atoms with Gasteiger partial charge in [-0.25, -0.2) is 5.01 Å². The zero-order valence-electron chi connectivity index (χ0n) is 20.5. The molecule has 196 valence electrons. The quantitative estimate of drug-likeness (QED) is 0.451. The summed E-state index contributed by atoms with van der Waals surface area (Å²) in [6.07, 6.45) is 3.12. The molecule has 2 aliphatic rings. The van der Waals surface area contributed by atoms with Crippen molar-refractivity contribution >= 4 is 45.3 Å². The Bertz CT molecular complexity index is 1310. The van der Waals surface area contributed by atoms with Gasteiger partial charge in [0.15, 0.2) is 0 Å². The molecular weight excluding hydrogens is 514 g/mol. The first-order valence-electron chi connectivity index (χ1n) is 12.1. The van der Waals surface area contributed by atoms with Crippen LogP contribution in [-0.2, 0) is 15.0 Å². The summed E-state index contributed by atoms with van der Waals surface area (Å²) in [5, 5.41) is 9.21. The minimum Gasteiger partial charge on any atom is -0.369 e. The number of rotatable bonds is 4. The van der Waals surface area contributed by atoms with Crippen LogP contribution in [0.15, 0.2) is 69.1 Å². The van der Waals surface area contributed by atoms with Gasteiger partial charge in [-0.1, -0.05) is 60.5 Å². The van der Waals surface area contributed by atoms with E-state index in [0.29, 0.717) is 36.8 Å². The van der Waals surface area contributed by atoms with E-state index < -0.39 is 16.1 Å². The summed E-state index contributed by atoms with van der Waals surface area (Å²) >= 11 is 6.12. The number of piperidine rings is 1. The van der Waals surface area contributed by atoms with Gasteiger partial charge in [0.25, 0.3) is 5.96 Å². The predicted molar refractivity (Wildman–Crippen MR) is 146 cm³/mol. The number of hydrazone groups is 1. The van der Waals surface area contributed by atoms with Crippen molar-refractivity contribution in [1.29, 1.82) is 0 Å². The van der Waals surface area contributed by atoms with Gasteiger partial charge in [0.05, 0.1) is 5.71 Å². The maximum atomic E-state index is 13.2. The Morgan fingerprint density at radius 2 is 1.73 bits per heavy atom. The van der Waals surface area contributed by atoms with Crippen molar-refractivity contribution in [2.45, 2.75) is 38.5 Å². The molecule has 0 aromatic heterocycles. The molecule has 2 aliphatic heterocycles. The number of guanidine groups is 2. The SMILES string of the molecule is CC(=O)N/C(N)=N/C(=N/S(=O)(=O)N1CCCCC1)N1CC[C@H](c2ccccc2)C(c2ccc(Cl)cc2)=N1. The first-order chi connectivity index (χ1) is 17.7. The molecule has 12 heteroatoms. The van der Waals surface area contributed by atoms with E-state index in [0.717, 1.165) is 30.4 Å². The zero-order chi connectivity index (χ0) is 26.4. The van der Waals surface area contributed by atoms with Crippen LogP contribution < -0.4 is 11.1 Å². The highest BCUT2D eigenvalue weighted by Gasteiger charge is 2.30. The molecule has 4 rings (SSSR count). The van der Waals surface area contributed by atoms with Crippen molar-refractivity contribution in [3.05, 3.63) is 70.7 Å². The summed E-state index contributed by atoms with van der Waals surface area (Å²) in [4.78, 5) is 15.7. The molecule has 1 atom stereocenters. The molecule has 37 heavy (non-hydrogen) atoms. The van der Waals surface area contributed by atoms with Gasteiger partial charge >= 0.3 is 10.2 Å². The van der Waals surface area contributed by atoms with Crippen LogP contribution in [0.2, 0.25) is 5.02 Å². The van der Waals surface area contributed by atoms with Crippen LogP contribution in [-0.4, -0.2) is 60.9 Å². The van der Waals surface area contributed by atoms with E-state index in [1.165, 1.54) is 16.2 Å². The molecule has 0 bridgehead atoms. The van der Waals surface area contributed by atoms with E-state index in [9.17, 15) is 13.2 Å². The van der Waals surface area contributed by atoms with Crippen molar-refractivity contribution in [1.82, 2.24) is 14.6 Å². The molecule has 0 aliphatic carbocycles. The van der Waals surface area contributed by atoms with Crippen LogP contribution in [0.3, 0.4) is 0 Å². The lowest BCUT2D eigenvalue weighted by atomic mass is 9.86. The van der Waals surface area contributed by atoms with E-state index >= 15 is 0 Å². The molecule has 3 N–H and O–H groups in total. The molecule has 2 aromatic rings. The molecule has 0 spiro atoms. The molecule has 0 radical (unpaired) electrons. The van der Waals surface area contributed by atoms with Gasteiger partial charge in [-0.3, -0.25) is 10.1 Å². The topological polar surface area (TPSA) is 133 Å². The zero-order valence-corrected chi connectivity index (χ0v) is 22.1. The smallest absolute Gasteiger partial charge is 0.325 e. The summed E-state index contributed by atoms with van der Waals surface area (Å²) < 4.78 is 31.7. The van der Waals surface area contributed by atoms with Crippen LogP contribution >= 0.6 is 11.6 Å². The van der Waals surface area contributed by atoms with Crippen molar-refractivity contribution in [3.8, 4) is 0 Å². The maximum absolute atomic E-state index is 13.2. The van der Waals surface area contributed by atoms with E-state index in [1.807, 2.05) is 42.5 Å². The highest BCUT2D eigenvalue weighted by atomic mass is 35.5.